The zero-order valence-corrected chi connectivity index (χ0v) is 24.6. The first-order valence-corrected chi connectivity index (χ1v) is 15.6. The Morgan fingerprint density at radius 2 is 1.79 bits per heavy atom. The molecule has 0 aromatic rings. The molecule has 8 atom stereocenters. The SMILES string of the molecule is CCCCC(C)[C@@H](C=C[C@@H]1[C@@H](CC=CCCCC(=O)OC)[C@@H](O)C[C@H]1OC1CCCCO1)OC1CCCCO1. The molecule has 0 aromatic heterocycles. The van der Waals surface area contributed by atoms with E-state index < -0.39 is 6.10 Å². The molecule has 39 heavy (non-hydrogen) atoms. The van der Waals surface area contributed by atoms with Crippen LogP contribution in [0.1, 0.15) is 104 Å². The number of hydrogen-bond donors (Lipinski definition) is 1. The molecule has 3 rings (SSSR count). The highest BCUT2D eigenvalue weighted by Gasteiger charge is 2.42. The number of hydrogen-bond acceptors (Lipinski definition) is 7. The lowest BCUT2D eigenvalue weighted by Gasteiger charge is -2.31. The molecule has 7 nitrogen and oxygen atoms in total. The number of ether oxygens (including phenoxy) is 5. The summed E-state index contributed by atoms with van der Waals surface area (Å²) < 4.78 is 29.6. The Kier molecular flexibility index (Phi) is 15.1. The highest BCUT2D eigenvalue weighted by Crippen LogP contribution is 2.40. The van der Waals surface area contributed by atoms with Gasteiger partial charge >= 0.3 is 5.97 Å². The molecule has 7 heteroatoms. The molecule has 0 aromatic carbocycles. The van der Waals surface area contributed by atoms with E-state index in [0.717, 1.165) is 77.4 Å². The van der Waals surface area contributed by atoms with Crippen LogP contribution >= 0.6 is 0 Å². The second kappa shape index (κ2) is 18.2. The van der Waals surface area contributed by atoms with Crippen LogP contribution in [0.3, 0.4) is 0 Å². The van der Waals surface area contributed by atoms with Gasteiger partial charge in [-0.3, -0.25) is 4.79 Å². The maximum atomic E-state index is 11.4. The van der Waals surface area contributed by atoms with Crippen LogP contribution in [-0.4, -0.2) is 62.3 Å². The fraction of sp³-hybridized carbons (Fsp3) is 0.844. The predicted molar refractivity (Wildman–Crippen MR) is 152 cm³/mol. The predicted octanol–water partition coefficient (Wildman–Crippen LogP) is 6.48. The topological polar surface area (TPSA) is 83.5 Å². The van der Waals surface area contributed by atoms with Crippen LogP contribution in [0.5, 0.6) is 0 Å². The molecular weight excluding hydrogens is 496 g/mol. The second-order valence-corrected chi connectivity index (χ2v) is 11.6. The van der Waals surface area contributed by atoms with Crippen molar-refractivity contribution in [2.45, 2.75) is 135 Å². The van der Waals surface area contributed by atoms with Crippen LogP contribution in [0.25, 0.3) is 0 Å². The van der Waals surface area contributed by atoms with Gasteiger partial charge in [-0.2, -0.15) is 0 Å². The summed E-state index contributed by atoms with van der Waals surface area (Å²) >= 11 is 0. The zero-order chi connectivity index (χ0) is 27.9. The van der Waals surface area contributed by atoms with Crippen LogP contribution in [0.15, 0.2) is 24.3 Å². The van der Waals surface area contributed by atoms with Crippen molar-refractivity contribution >= 4 is 5.97 Å². The third-order valence-corrected chi connectivity index (χ3v) is 8.45. The molecular formula is C32H54O7. The van der Waals surface area contributed by atoms with E-state index in [1.165, 1.54) is 20.0 Å². The van der Waals surface area contributed by atoms with E-state index >= 15 is 0 Å². The molecule has 3 aliphatic rings. The molecule has 3 fully saturated rings. The van der Waals surface area contributed by atoms with Crippen LogP contribution in [-0.2, 0) is 28.5 Å². The summed E-state index contributed by atoms with van der Waals surface area (Å²) in [5, 5.41) is 11.1. The number of rotatable bonds is 16. The van der Waals surface area contributed by atoms with Crippen LogP contribution in [0.2, 0.25) is 0 Å². The normalized spacial score (nSPS) is 31.6. The highest BCUT2D eigenvalue weighted by molar-refractivity contribution is 5.69. The van der Waals surface area contributed by atoms with Crippen LogP contribution in [0, 0.1) is 17.8 Å². The third-order valence-electron chi connectivity index (χ3n) is 8.45. The molecule has 0 spiro atoms. The van der Waals surface area contributed by atoms with Gasteiger partial charge in [-0.15, -0.1) is 0 Å². The van der Waals surface area contributed by atoms with E-state index in [0.29, 0.717) is 18.8 Å². The van der Waals surface area contributed by atoms with Gasteiger partial charge in [-0.05, 0) is 76.0 Å². The van der Waals surface area contributed by atoms with Crippen molar-refractivity contribution in [3.05, 3.63) is 24.3 Å². The van der Waals surface area contributed by atoms with Crippen LogP contribution in [0.4, 0.5) is 0 Å². The summed E-state index contributed by atoms with van der Waals surface area (Å²) in [5.74, 6) is 0.340. The molecule has 2 heterocycles. The monoisotopic (exact) mass is 550 g/mol. The first-order valence-electron chi connectivity index (χ1n) is 15.6. The first kappa shape index (κ1) is 32.3. The number of carbonyl (C=O) groups is 1. The molecule has 0 amide bonds. The molecule has 2 aliphatic heterocycles. The Hall–Kier alpha value is -1.25. The lowest BCUT2D eigenvalue weighted by atomic mass is 9.88. The maximum absolute atomic E-state index is 11.4. The summed E-state index contributed by atoms with van der Waals surface area (Å²) in [6, 6.07) is 0. The number of allylic oxidation sites excluding steroid dienone is 2. The Morgan fingerprint density at radius 3 is 2.46 bits per heavy atom. The maximum Gasteiger partial charge on any atom is 0.305 e. The average Bonchev–Trinajstić information content (AvgIpc) is 3.25. The van der Waals surface area contributed by atoms with E-state index in [4.69, 9.17) is 23.7 Å². The third kappa shape index (κ3) is 11.3. The molecule has 1 saturated carbocycles. The Morgan fingerprint density at radius 1 is 1.05 bits per heavy atom. The van der Waals surface area contributed by atoms with Gasteiger partial charge in [0.2, 0.25) is 0 Å². The summed E-state index contributed by atoms with van der Waals surface area (Å²) in [6.45, 7) is 6.01. The van der Waals surface area contributed by atoms with E-state index in [-0.39, 0.29) is 42.6 Å². The highest BCUT2D eigenvalue weighted by atomic mass is 16.7. The molecule has 0 bridgehead atoms. The summed E-state index contributed by atoms with van der Waals surface area (Å²) in [6.07, 6.45) is 21.0. The molecule has 1 aliphatic carbocycles. The lowest BCUT2D eigenvalue weighted by Crippen LogP contribution is -2.32. The Balaban J connectivity index is 1.69. The van der Waals surface area contributed by atoms with Crippen molar-refractivity contribution in [3.8, 4) is 0 Å². The van der Waals surface area contributed by atoms with Crippen molar-refractivity contribution in [2.75, 3.05) is 20.3 Å². The minimum atomic E-state index is -0.438. The number of methoxy groups -OCH3 is 1. The van der Waals surface area contributed by atoms with E-state index in [1.54, 1.807) is 0 Å². The van der Waals surface area contributed by atoms with Crippen LogP contribution < -0.4 is 0 Å². The van der Waals surface area contributed by atoms with E-state index in [9.17, 15) is 9.90 Å². The van der Waals surface area contributed by atoms with E-state index in [2.05, 4.69) is 38.2 Å². The van der Waals surface area contributed by atoms with Gasteiger partial charge < -0.3 is 28.8 Å². The van der Waals surface area contributed by atoms with Gasteiger partial charge in [0, 0.05) is 32.0 Å². The summed E-state index contributed by atoms with van der Waals surface area (Å²) in [7, 11) is 1.42. The fourth-order valence-electron chi connectivity index (χ4n) is 5.97. The smallest absolute Gasteiger partial charge is 0.305 e. The number of aliphatic hydroxyl groups excluding tert-OH is 1. The van der Waals surface area contributed by atoms with Crippen molar-refractivity contribution < 1.29 is 33.6 Å². The standard InChI is InChI=1S/C32H54O7/c1-4-5-14-24(2)28(38-31-17-10-12-21-36-31)20-19-26-25(15-8-6-7-9-16-30(34)35-3)27(33)23-29(26)39-32-18-11-13-22-37-32/h6,8,19-20,24-29,31-33H,4-5,7,9-18,21-23H2,1-3H3/t24?,25-,26-,27+,28-,29-,31?,32?/m1/s1. The minimum absolute atomic E-state index is 0.0292. The van der Waals surface area contributed by atoms with Gasteiger partial charge in [0.15, 0.2) is 12.6 Å². The second-order valence-electron chi connectivity index (χ2n) is 11.6. The van der Waals surface area contributed by atoms with Crippen molar-refractivity contribution in [2.24, 2.45) is 17.8 Å². The number of carbonyl (C=O) groups excluding carboxylic acids is 1. The first-order chi connectivity index (χ1) is 19.0. The Labute approximate surface area is 236 Å². The van der Waals surface area contributed by atoms with Crippen molar-refractivity contribution in [1.82, 2.24) is 0 Å². The molecule has 0 radical (unpaired) electrons. The largest absolute Gasteiger partial charge is 0.469 e. The molecule has 224 valence electrons. The summed E-state index contributed by atoms with van der Waals surface area (Å²) in [5.41, 5.74) is 0. The number of unbranched alkanes of at least 4 members (excludes halogenated alkanes) is 2. The lowest BCUT2D eigenvalue weighted by molar-refractivity contribution is -0.193. The van der Waals surface area contributed by atoms with Gasteiger partial charge in [0.05, 0.1) is 25.4 Å². The molecule has 2 saturated heterocycles. The van der Waals surface area contributed by atoms with Gasteiger partial charge in [0.1, 0.15) is 0 Å². The van der Waals surface area contributed by atoms with Gasteiger partial charge in [-0.1, -0.05) is 51.0 Å². The Bertz CT molecular complexity index is 726. The van der Waals surface area contributed by atoms with Crippen molar-refractivity contribution in [1.29, 1.82) is 0 Å². The molecule has 3 unspecified atom stereocenters. The van der Waals surface area contributed by atoms with Gasteiger partial charge in [-0.25, -0.2) is 0 Å². The van der Waals surface area contributed by atoms with E-state index in [1.807, 2.05) is 0 Å². The zero-order valence-electron chi connectivity index (χ0n) is 24.6. The minimum Gasteiger partial charge on any atom is -0.469 e. The van der Waals surface area contributed by atoms with Crippen molar-refractivity contribution in [3.63, 3.8) is 0 Å². The molecule has 1 N–H and O–H groups in total. The van der Waals surface area contributed by atoms with Gasteiger partial charge in [0.25, 0.3) is 0 Å². The number of aliphatic hydroxyl groups is 1. The quantitative estimate of drug-likeness (QED) is 0.134. The summed E-state index contributed by atoms with van der Waals surface area (Å²) in [4.78, 5) is 11.4. The number of esters is 1. The average molecular weight is 551 g/mol. The fourth-order valence-corrected chi connectivity index (χ4v) is 5.97.